The van der Waals surface area contributed by atoms with E-state index < -0.39 is 11.8 Å². The van der Waals surface area contributed by atoms with E-state index in [1.54, 1.807) is 41.2 Å². The second-order valence-corrected chi connectivity index (χ2v) is 5.05. The van der Waals surface area contributed by atoms with Crippen molar-refractivity contribution >= 4 is 5.97 Å². The molecule has 0 unspecified atom stereocenters. The lowest BCUT2D eigenvalue weighted by molar-refractivity contribution is 0.0697. The highest BCUT2D eigenvalue weighted by atomic mass is 19.1. The number of nitrogens with zero attached hydrogens (tertiary/aromatic N) is 1. The topological polar surface area (TPSA) is 62.5 Å². The summed E-state index contributed by atoms with van der Waals surface area (Å²) in [5, 5.41) is 18.8. The first-order chi connectivity index (χ1) is 11.5. The van der Waals surface area contributed by atoms with Crippen molar-refractivity contribution in [2.75, 3.05) is 0 Å². The minimum absolute atomic E-state index is 0.111. The molecular formula is C19H12FNO3. The van der Waals surface area contributed by atoms with Crippen LogP contribution >= 0.6 is 0 Å². The maximum Gasteiger partial charge on any atom is 0.337 e. The molecule has 0 amide bonds. The van der Waals surface area contributed by atoms with Crippen LogP contribution in [0.4, 0.5) is 4.39 Å². The lowest BCUT2D eigenvalue weighted by Crippen LogP contribution is -2.06. The number of carbonyl (C=O) groups is 1. The van der Waals surface area contributed by atoms with Crippen molar-refractivity contribution in [2.45, 2.75) is 0 Å². The second kappa shape index (κ2) is 6.31. The molecule has 1 aromatic heterocycles. The first-order valence-electron chi connectivity index (χ1n) is 7.06. The number of carboxylic acid groups (broad SMARTS) is 1. The molecule has 0 aliphatic carbocycles. The zero-order valence-electron chi connectivity index (χ0n) is 12.4. The van der Waals surface area contributed by atoms with Crippen molar-refractivity contribution < 1.29 is 19.4 Å². The normalized spacial score (nSPS) is 10.0. The number of aromatic hydroxyl groups is 1. The Morgan fingerprint density at radius 1 is 1.04 bits per heavy atom. The number of carboxylic acids is 1. The van der Waals surface area contributed by atoms with Gasteiger partial charge in [-0.3, -0.25) is 0 Å². The monoisotopic (exact) mass is 321 g/mol. The van der Waals surface area contributed by atoms with Crippen LogP contribution in [0.5, 0.6) is 5.75 Å². The highest BCUT2D eigenvalue weighted by Crippen LogP contribution is 2.20. The highest BCUT2D eigenvalue weighted by molar-refractivity contribution is 5.93. The summed E-state index contributed by atoms with van der Waals surface area (Å²) in [5.74, 6) is 3.73. The quantitative estimate of drug-likeness (QED) is 0.711. The molecule has 0 saturated heterocycles. The Bertz CT molecular complexity index is 946. The third-order valence-electron chi connectivity index (χ3n) is 3.35. The fraction of sp³-hybridized carbons (Fsp3) is 0. The number of aromatic nitrogens is 1. The molecule has 0 saturated carbocycles. The predicted molar refractivity (Wildman–Crippen MR) is 86.8 cm³/mol. The van der Waals surface area contributed by atoms with Crippen LogP contribution in [0.2, 0.25) is 0 Å². The first-order valence-corrected chi connectivity index (χ1v) is 7.06. The molecule has 118 valence electrons. The third-order valence-corrected chi connectivity index (χ3v) is 3.35. The van der Waals surface area contributed by atoms with E-state index in [9.17, 15) is 19.4 Å². The summed E-state index contributed by atoms with van der Waals surface area (Å²) in [6.07, 6.45) is 3.45. The van der Waals surface area contributed by atoms with Gasteiger partial charge in [0.25, 0.3) is 0 Å². The Hall–Kier alpha value is -3.52. The number of phenolic OH excluding ortho intramolecular Hbond substituents is 1. The average molecular weight is 321 g/mol. The van der Waals surface area contributed by atoms with E-state index in [-0.39, 0.29) is 11.3 Å². The number of hydrogen-bond acceptors (Lipinski definition) is 2. The van der Waals surface area contributed by atoms with E-state index in [1.807, 2.05) is 0 Å². The molecule has 2 aromatic carbocycles. The second-order valence-electron chi connectivity index (χ2n) is 5.05. The highest BCUT2D eigenvalue weighted by Gasteiger charge is 2.14. The van der Waals surface area contributed by atoms with E-state index in [4.69, 9.17) is 0 Å². The van der Waals surface area contributed by atoms with Gasteiger partial charge < -0.3 is 14.8 Å². The minimum Gasteiger partial charge on any atom is -0.508 e. The third kappa shape index (κ3) is 3.13. The van der Waals surface area contributed by atoms with Gasteiger partial charge in [-0.1, -0.05) is 17.9 Å². The predicted octanol–water partition coefficient (Wildman–Crippen LogP) is 3.42. The molecule has 0 fully saturated rings. The zero-order valence-corrected chi connectivity index (χ0v) is 12.4. The Morgan fingerprint density at radius 2 is 1.79 bits per heavy atom. The number of phenols is 1. The Kier molecular flexibility index (Phi) is 4.04. The lowest BCUT2D eigenvalue weighted by atomic mass is 10.1. The van der Waals surface area contributed by atoms with Gasteiger partial charge in [-0.15, -0.1) is 0 Å². The van der Waals surface area contributed by atoms with E-state index in [1.165, 1.54) is 18.2 Å². The average Bonchev–Trinajstić information content (AvgIpc) is 3.05. The van der Waals surface area contributed by atoms with Crippen LogP contribution in [0, 0.1) is 17.7 Å². The van der Waals surface area contributed by atoms with E-state index in [0.29, 0.717) is 16.8 Å². The van der Waals surface area contributed by atoms with Gasteiger partial charge in [0.1, 0.15) is 11.6 Å². The van der Waals surface area contributed by atoms with Gasteiger partial charge in [0.2, 0.25) is 0 Å². The van der Waals surface area contributed by atoms with Crippen LogP contribution in [0.25, 0.3) is 5.69 Å². The van der Waals surface area contributed by atoms with Crippen molar-refractivity contribution in [3.8, 4) is 23.3 Å². The van der Waals surface area contributed by atoms with Gasteiger partial charge >= 0.3 is 5.97 Å². The van der Waals surface area contributed by atoms with Crippen LogP contribution in [-0.2, 0) is 0 Å². The number of aromatic carboxylic acids is 1. The molecule has 4 nitrogen and oxygen atoms in total. The van der Waals surface area contributed by atoms with Crippen molar-refractivity contribution in [2.24, 2.45) is 0 Å². The van der Waals surface area contributed by atoms with E-state index >= 15 is 0 Å². The van der Waals surface area contributed by atoms with Crippen molar-refractivity contribution in [3.05, 3.63) is 83.4 Å². The maximum atomic E-state index is 13.3. The van der Waals surface area contributed by atoms with Gasteiger partial charge in [-0.05, 0) is 36.4 Å². The van der Waals surface area contributed by atoms with E-state index in [2.05, 4.69) is 11.8 Å². The van der Waals surface area contributed by atoms with Crippen LogP contribution in [0.1, 0.15) is 21.5 Å². The summed E-state index contributed by atoms with van der Waals surface area (Å²) < 4.78 is 15.0. The smallest absolute Gasteiger partial charge is 0.337 e. The molecule has 0 spiro atoms. The van der Waals surface area contributed by atoms with Gasteiger partial charge in [0, 0.05) is 29.6 Å². The Labute approximate surface area is 137 Å². The SMILES string of the molecule is O=C(O)c1cccc(C#Cc2cc(O)cc(F)c2)c1-n1cccc1. The molecule has 0 aliphatic heterocycles. The number of hydrogen-bond donors (Lipinski definition) is 2. The minimum atomic E-state index is -1.06. The molecule has 0 radical (unpaired) electrons. The molecule has 0 aliphatic rings. The molecule has 24 heavy (non-hydrogen) atoms. The van der Waals surface area contributed by atoms with Crippen LogP contribution in [-0.4, -0.2) is 20.7 Å². The fourth-order valence-electron chi connectivity index (χ4n) is 2.36. The van der Waals surface area contributed by atoms with Gasteiger partial charge in [-0.25, -0.2) is 9.18 Å². The summed E-state index contributed by atoms with van der Waals surface area (Å²) in [6.45, 7) is 0. The number of para-hydroxylation sites is 1. The van der Waals surface area contributed by atoms with Gasteiger partial charge in [0.15, 0.2) is 0 Å². The van der Waals surface area contributed by atoms with Crippen molar-refractivity contribution in [1.82, 2.24) is 4.57 Å². The molecule has 1 heterocycles. The zero-order chi connectivity index (χ0) is 17.1. The summed E-state index contributed by atoms with van der Waals surface area (Å²) in [6, 6.07) is 11.9. The van der Waals surface area contributed by atoms with Crippen molar-refractivity contribution in [3.63, 3.8) is 0 Å². The number of halogens is 1. The fourth-order valence-corrected chi connectivity index (χ4v) is 2.36. The van der Waals surface area contributed by atoms with Crippen LogP contribution in [0.15, 0.2) is 60.9 Å². The summed E-state index contributed by atoms with van der Waals surface area (Å²) in [5.41, 5.74) is 1.32. The molecule has 5 heteroatoms. The van der Waals surface area contributed by atoms with Crippen LogP contribution < -0.4 is 0 Å². The molecule has 0 bridgehead atoms. The molecule has 3 aromatic rings. The molecule has 2 N–H and O–H groups in total. The van der Waals surface area contributed by atoms with Gasteiger partial charge in [-0.2, -0.15) is 0 Å². The van der Waals surface area contributed by atoms with Gasteiger partial charge in [0.05, 0.1) is 11.3 Å². The number of rotatable bonds is 2. The van der Waals surface area contributed by atoms with Crippen LogP contribution in [0.3, 0.4) is 0 Å². The molecular weight excluding hydrogens is 309 g/mol. The van der Waals surface area contributed by atoms with Crippen molar-refractivity contribution in [1.29, 1.82) is 0 Å². The lowest BCUT2D eigenvalue weighted by Gasteiger charge is -2.10. The number of benzene rings is 2. The Balaban J connectivity index is 2.14. The largest absolute Gasteiger partial charge is 0.508 e. The summed E-state index contributed by atoms with van der Waals surface area (Å²) >= 11 is 0. The van der Waals surface area contributed by atoms with E-state index in [0.717, 1.165) is 6.07 Å². The summed E-state index contributed by atoms with van der Waals surface area (Å²) in [4.78, 5) is 11.5. The molecule has 0 atom stereocenters. The molecule has 3 rings (SSSR count). The first kappa shape index (κ1) is 15.4. The maximum absolute atomic E-state index is 13.3. The Morgan fingerprint density at radius 3 is 2.46 bits per heavy atom. The summed E-state index contributed by atoms with van der Waals surface area (Å²) in [7, 11) is 0. The standard InChI is InChI=1S/C19H12FNO3/c20-15-10-13(11-16(22)12-15)6-7-14-4-3-5-17(19(23)24)18(14)21-8-1-2-9-21/h1-5,8-12,22H,(H,23,24).